The molecule has 0 bridgehead atoms. The first-order chi connectivity index (χ1) is 8.15. The molecule has 0 unspecified atom stereocenters. The van der Waals surface area contributed by atoms with E-state index < -0.39 is 0 Å². The van der Waals surface area contributed by atoms with Crippen molar-refractivity contribution in [2.24, 2.45) is 0 Å². The van der Waals surface area contributed by atoms with E-state index >= 15 is 0 Å². The molecule has 17 heavy (non-hydrogen) atoms. The van der Waals surface area contributed by atoms with E-state index in [1.54, 1.807) is 17.9 Å². The molecule has 1 heterocycles. The van der Waals surface area contributed by atoms with Crippen molar-refractivity contribution in [2.75, 3.05) is 39.3 Å². The van der Waals surface area contributed by atoms with E-state index in [1.165, 1.54) is 0 Å². The van der Waals surface area contributed by atoms with E-state index in [4.69, 9.17) is 0 Å². The van der Waals surface area contributed by atoms with Crippen LogP contribution in [0.1, 0.15) is 13.3 Å². The Hall–Kier alpha value is -1.36. The van der Waals surface area contributed by atoms with Crippen molar-refractivity contribution in [1.82, 2.24) is 15.1 Å². The molecular formula is C12H21N3O2. The lowest BCUT2D eigenvalue weighted by Gasteiger charge is -2.34. The van der Waals surface area contributed by atoms with Crippen LogP contribution in [0.5, 0.6) is 0 Å². The van der Waals surface area contributed by atoms with Gasteiger partial charge in [0.15, 0.2) is 0 Å². The Morgan fingerprint density at radius 1 is 1.24 bits per heavy atom. The molecular weight excluding hydrogens is 218 g/mol. The third-order valence-electron chi connectivity index (χ3n) is 2.88. The number of rotatable bonds is 5. The lowest BCUT2D eigenvalue weighted by molar-refractivity contribution is -0.138. The van der Waals surface area contributed by atoms with E-state index in [1.807, 2.05) is 4.90 Å². The summed E-state index contributed by atoms with van der Waals surface area (Å²) in [7, 11) is 0. The molecule has 1 fully saturated rings. The number of hydrogen-bond donors (Lipinski definition) is 1. The summed E-state index contributed by atoms with van der Waals surface area (Å²) < 4.78 is 0. The van der Waals surface area contributed by atoms with Crippen LogP contribution in [0.4, 0.5) is 0 Å². The maximum atomic E-state index is 11.8. The Bertz CT molecular complexity index is 283. The van der Waals surface area contributed by atoms with Crippen molar-refractivity contribution in [3.8, 4) is 0 Å². The van der Waals surface area contributed by atoms with Crippen molar-refractivity contribution >= 4 is 11.8 Å². The van der Waals surface area contributed by atoms with Crippen LogP contribution in [0.25, 0.3) is 0 Å². The zero-order chi connectivity index (χ0) is 12.7. The van der Waals surface area contributed by atoms with Crippen LogP contribution in [-0.2, 0) is 9.59 Å². The molecule has 0 aromatic rings. The van der Waals surface area contributed by atoms with Gasteiger partial charge in [-0.05, 0) is 0 Å². The highest BCUT2D eigenvalue weighted by molar-refractivity contribution is 5.77. The van der Waals surface area contributed by atoms with Crippen LogP contribution in [0.15, 0.2) is 12.7 Å². The number of carbonyl (C=O) groups excluding carboxylic acids is 2. The topological polar surface area (TPSA) is 52.7 Å². The molecule has 0 saturated carbocycles. The number of amides is 2. The molecule has 0 aromatic heterocycles. The molecule has 0 atom stereocenters. The number of hydrogen-bond acceptors (Lipinski definition) is 3. The molecule has 0 spiro atoms. The Labute approximate surface area is 102 Å². The second kappa shape index (κ2) is 7.06. The maximum Gasteiger partial charge on any atom is 0.223 e. The average molecular weight is 239 g/mol. The Kier molecular flexibility index (Phi) is 5.69. The second-order valence-corrected chi connectivity index (χ2v) is 4.13. The molecule has 1 aliphatic heterocycles. The van der Waals surface area contributed by atoms with Gasteiger partial charge >= 0.3 is 0 Å². The third kappa shape index (κ3) is 4.56. The molecule has 0 aromatic carbocycles. The molecule has 2 amide bonds. The lowest BCUT2D eigenvalue weighted by atomic mass is 10.2. The van der Waals surface area contributed by atoms with Crippen LogP contribution >= 0.6 is 0 Å². The standard InChI is InChI=1S/C12H21N3O2/c1-3-5-13-6-4-12(17)15-9-7-14(8-10-15)11(2)16/h3,13H,1,4-10H2,2H3. The molecule has 1 aliphatic rings. The normalized spacial score (nSPS) is 15.8. The third-order valence-corrected chi connectivity index (χ3v) is 2.88. The van der Waals surface area contributed by atoms with Gasteiger partial charge in [0.1, 0.15) is 0 Å². The lowest BCUT2D eigenvalue weighted by Crippen LogP contribution is -2.50. The molecule has 0 aliphatic carbocycles. The Morgan fingerprint density at radius 3 is 2.35 bits per heavy atom. The van der Waals surface area contributed by atoms with Crippen molar-refractivity contribution in [3.63, 3.8) is 0 Å². The smallest absolute Gasteiger partial charge is 0.223 e. The minimum atomic E-state index is 0.0877. The molecule has 1 N–H and O–H groups in total. The minimum absolute atomic E-state index is 0.0877. The Morgan fingerprint density at radius 2 is 1.82 bits per heavy atom. The predicted molar refractivity (Wildman–Crippen MR) is 66.5 cm³/mol. The highest BCUT2D eigenvalue weighted by Crippen LogP contribution is 2.03. The van der Waals surface area contributed by atoms with Gasteiger partial charge in [0, 0.05) is 52.6 Å². The van der Waals surface area contributed by atoms with Gasteiger partial charge in [-0.15, -0.1) is 6.58 Å². The highest BCUT2D eigenvalue weighted by atomic mass is 16.2. The van der Waals surface area contributed by atoms with Gasteiger partial charge in [-0.25, -0.2) is 0 Å². The molecule has 5 nitrogen and oxygen atoms in total. The van der Waals surface area contributed by atoms with Gasteiger partial charge < -0.3 is 15.1 Å². The van der Waals surface area contributed by atoms with E-state index in [9.17, 15) is 9.59 Å². The molecule has 5 heteroatoms. The average Bonchev–Trinajstić information content (AvgIpc) is 2.34. The van der Waals surface area contributed by atoms with Crippen molar-refractivity contribution in [1.29, 1.82) is 0 Å². The predicted octanol–water partition coefficient (Wildman–Crippen LogP) is -0.157. The molecule has 0 radical (unpaired) electrons. The zero-order valence-corrected chi connectivity index (χ0v) is 10.4. The van der Waals surface area contributed by atoms with Gasteiger partial charge in [0.2, 0.25) is 11.8 Å². The van der Waals surface area contributed by atoms with Gasteiger partial charge in [-0.1, -0.05) is 6.08 Å². The molecule has 1 rings (SSSR count). The van der Waals surface area contributed by atoms with Gasteiger partial charge in [0.25, 0.3) is 0 Å². The van der Waals surface area contributed by atoms with Gasteiger partial charge in [-0.2, -0.15) is 0 Å². The first-order valence-corrected chi connectivity index (χ1v) is 6.00. The van der Waals surface area contributed by atoms with Gasteiger partial charge in [-0.3, -0.25) is 9.59 Å². The fourth-order valence-corrected chi connectivity index (χ4v) is 1.83. The summed E-state index contributed by atoms with van der Waals surface area (Å²) in [5.74, 6) is 0.245. The zero-order valence-electron chi connectivity index (χ0n) is 10.4. The van der Waals surface area contributed by atoms with Crippen LogP contribution in [0, 0.1) is 0 Å². The second-order valence-electron chi connectivity index (χ2n) is 4.13. The molecule has 96 valence electrons. The van der Waals surface area contributed by atoms with E-state index in [2.05, 4.69) is 11.9 Å². The first-order valence-electron chi connectivity index (χ1n) is 6.00. The summed E-state index contributed by atoms with van der Waals surface area (Å²) in [4.78, 5) is 26.5. The van der Waals surface area contributed by atoms with E-state index in [0.717, 1.165) is 6.54 Å². The largest absolute Gasteiger partial charge is 0.339 e. The SMILES string of the molecule is C=CCNCCC(=O)N1CCN(C(C)=O)CC1. The van der Waals surface area contributed by atoms with Crippen molar-refractivity contribution in [2.45, 2.75) is 13.3 Å². The summed E-state index contributed by atoms with van der Waals surface area (Å²) in [5.41, 5.74) is 0. The fourth-order valence-electron chi connectivity index (χ4n) is 1.83. The first kappa shape index (κ1) is 13.7. The summed E-state index contributed by atoms with van der Waals surface area (Å²) >= 11 is 0. The number of nitrogens with one attached hydrogen (secondary N) is 1. The molecule has 1 saturated heterocycles. The van der Waals surface area contributed by atoms with Crippen LogP contribution in [0.2, 0.25) is 0 Å². The van der Waals surface area contributed by atoms with Crippen molar-refractivity contribution < 1.29 is 9.59 Å². The highest BCUT2D eigenvalue weighted by Gasteiger charge is 2.21. The van der Waals surface area contributed by atoms with Crippen molar-refractivity contribution in [3.05, 3.63) is 12.7 Å². The van der Waals surface area contributed by atoms with Crippen LogP contribution in [-0.4, -0.2) is 60.9 Å². The van der Waals surface area contributed by atoms with Gasteiger partial charge in [0.05, 0.1) is 0 Å². The number of carbonyl (C=O) groups is 2. The Balaban J connectivity index is 2.21. The quantitative estimate of drug-likeness (QED) is 0.536. The monoisotopic (exact) mass is 239 g/mol. The summed E-state index contributed by atoms with van der Waals surface area (Å²) in [6.07, 6.45) is 2.28. The summed E-state index contributed by atoms with van der Waals surface area (Å²) in [6.45, 7) is 9.18. The maximum absolute atomic E-state index is 11.8. The number of nitrogens with zero attached hydrogens (tertiary/aromatic N) is 2. The fraction of sp³-hybridized carbons (Fsp3) is 0.667. The van der Waals surface area contributed by atoms with Crippen LogP contribution < -0.4 is 5.32 Å². The van der Waals surface area contributed by atoms with E-state index in [-0.39, 0.29) is 11.8 Å². The summed E-state index contributed by atoms with van der Waals surface area (Å²) in [5, 5.41) is 3.10. The van der Waals surface area contributed by atoms with E-state index in [0.29, 0.717) is 39.1 Å². The summed E-state index contributed by atoms with van der Waals surface area (Å²) in [6, 6.07) is 0. The van der Waals surface area contributed by atoms with Crippen LogP contribution in [0.3, 0.4) is 0 Å². The minimum Gasteiger partial charge on any atom is -0.339 e. The number of piperazine rings is 1.